The molecule has 10 aromatic rings. The molecule has 4 aliphatic carbocycles. The molecule has 0 amide bonds. The smallest absolute Gasteiger partial charge is 0.000740 e. The van der Waals surface area contributed by atoms with Gasteiger partial charge in [-0.3, -0.25) is 0 Å². The van der Waals surface area contributed by atoms with E-state index in [2.05, 4.69) is 298 Å². The molecule has 4 aliphatic rings. The van der Waals surface area contributed by atoms with Gasteiger partial charge in [0.05, 0.1) is 0 Å². The second-order valence-corrected chi connectivity index (χ2v) is 33.8. The number of hydrogen-bond donors (Lipinski definition) is 0. The summed E-state index contributed by atoms with van der Waals surface area (Å²) in [5.41, 5.74) is 31.5. The molecular weight excluding hydrogens is 1020 g/mol. The molecule has 0 atom stereocenters. The van der Waals surface area contributed by atoms with Crippen LogP contribution in [0.4, 0.5) is 0 Å². The lowest BCUT2D eigenvalue weighted by Crippen LogP contribution is -2.30. The van der Waals surface area contributed by atoms with Crippen molar-refractivity contribution in [3.63, 3.8) is 0 Å². The summed E-state index contributed by atoms with van der Waals surface area (Å²) in [6.45, 7) is 53.1. The van der Waals surface area contributed by atoms with Gasteiger partial charge in [0, 0.05) is 0 Å². The van der Waals surface area contributed by atoms with Crippen LogP contribution < -0.4 is 0 Å². The third-order valence-electron chi connectivity index (χ3n) is 20.2. The zero-order valence-corrected chi connectivity index (χ0v) is 55.6. The summed E-state index contributed by atoms with van der Waals surface area (Å²) >= 11 is 0. The van der Waals surface area contributed by atoms with Crippen molar-refractivity contribution in [3.05, 3.63) is 190 Å². The van der Waals surface area contributed by atoms with E-state index in [4.69, 9.17) is 0 Å². The predicted molar refractivity (Wildman–Crippen MR) is 372 cm³/mol. The van der Waals surface area contributed by atoms with Crippen LogP contribution in [0.5, 0.6) is 0 Å². The van der Waals surface area contributed by atoms with E-state index in [0.717, 1.165) is 6.42 Å². The maximum absolute atomic E-state index is 2.62. The van der Waals surface area contributed by atoms with Crippen LogP contribution in [0.2, 0.25) is 0 Å². The Labute approximate surface area is 510 Å². The first-order valence-corrected chi connectivity index (χ1v) is 31.9. The summed E-state index contributed by atoms with van der Waals surface area (Å²) in [6.07, 6.45) is 0.960. The molecule has 0 heterocycles. The first-order valence-electron chi connectivity index (χ1n) is 31.9. The van der Waals surface area contributed by atoms with Gasteiger partial charge in [-0.05, 0) is 216 Å². The fourth-order valence-corrected chi connectivity index (χ4v) is 15.3. The van der Waals surface area contributed by atoms with E-state index in [9.17, 15) is 0 Å². The summed E-state index contributed by atoms with van der Waals surface area (Å²) in [6, 6.07) is 59.9. The van der Waals surface area contributed by atoms with E-state index >= 15 is 0 Å². The molecule has 0 aromatic heterocycles. The van der Waals surface area contributed by atoms with Crippen LogP contribution in [-0.2, 0) is 43.3 Å². The molecule has 0 aliphatic heterocycles. The van der Waals surface area contributed by atoms with Gasteiger partial charge in [-0.2, -0.15) is 0 Å². The van der Waals surface area contributed by atoms with Crippen molar-refractivity contribution in [3.8, 4) is 89.0 Å². The molecule has 10 bridgehead atoms. The minimum Gasteiger partial charge on any atom is -0.0616 e. The third kappa shape index (κ3) is 9.03. The lowest BCUT2D eigenvalue weighted by atomic mass is 9.66. The van der Waals surface area contributed by atoms with Crippen molar-refractivity contribution in [2.75, 3.05) is 0 Å². The summed E-state index contributed by atoms with van der Waals surface area (Å²) in [5, 5.41) is 7.98. The highest BCUT2D eigenvalue weighted by atomic mass is 14.4. The average molecular weight is 1110 g/mol. The molecule has 0 saturated carbocycles. The minimum atomic E-state index is -0.209. The Hall–Kier alpha value is -7.02. The highest BCUT2D eigenvalue weighted by Gasteiger charge is 2.41. The molecule has 0 heteroatoms. The zero-order chi connectivity index (χ0) is 61.0. The van der Waals surface area contributed by atoms with Gasteiger partial charge < -0.3 is 0 Å². The number of rotatable bonds is 2. The van der Waals surface area contributed by atoms with E-state index in [-0.39, 0.29) is 43.3 Å². The first-order chi connectivity index (χ1) is 39.4. The Morgan fingerprint density at radius 2 is 0.459 bits per heavy atom. The van der Waals surface area contributed by atoms with Crippen molar-refractivity contribution in [1.82, 2.24) is 0 Å². The molecule has 85 heavy (non-hydrogen) atoms. The normalized spacial score (nSPS) is 15.3. The van der Waals surface area contributed by atoms with Gasteiger partial charge in [0.1, 0.15) is 0 Å². The van der Waals surface area contributed by atoms with Gasteiger partial charge in [0.15, 0.2) is 0 Å². The van der Waals surface area contributed by atoms with E-state index in [0.29, 0.717) is 0 Å². The highest BCUT2D eigenvalue weighted by Crippen LogP contribution is 2.65. The molecule has 432 valence electrons. The molecule has 10 aromatic carbocycles. The molecule has 0 spiro atoms. The van der Waals surface area contributed by atoms with E-state index in [1.807, 2.05) is 0 Å². The largest absolute Gasteiger partial charge is 0.0616 e. The molecular formula is C85H92. The predicted octanol–water partition coefficient (Wildman–Crippen LogP) is 24.9. The SMILES string of the molecule is CC(C)(C)c1cc(-c2c3c4c(c5ccccc25)-c2cc(C(C)(C)C)cc(c2)C(C)(C)CC(C)(C)c2cc(cc(C(C)(C)C)c2)-c2c5c(c(-c6cc(C(C)(C)C)cc(C(C)(C)C)c6)c6ccccc26)-c2ccc-3c3c-4ccc-5c23)cc(C(C)(C)C)c1. The Morgan fingerprint density at radius 3 is 0.682 bits per heavy atom. The van der Waals surface area contributed by atoms with Crippen LogP contribution >= 0.6 is 0 Å². The molecule has 0 fully saturated rings. The van der Waals surface area contributed by atoms with E-state index in [1.165, 1.54) is 166 Å². The molecule has 0 nitrogen and oxygen atoms in total. The summed E-state index contributed by atoms with van der Waals surface area (Å²) in [4.78, 5) is 0. The van der Waals surface area contributed by atoms with Crippen LogP contribution in [-0.4, -0.2) is 0 Å². The van der Waals surface area contributed by atoms with Gasteiger partial charge in [-0.15, -0.1) is 0 Å². The van der Waals surface area contributed by atoms with Gasteiger partial charge >= 0.3 is 0 Å². The van der Waals surface area contributed by atoms with Gasteiger partial charge in [-0.25, -0.2) is 0 Å². The van der Waals surface area contributed by atoms with Gasteiger partial charge in [0.25, 0.3) is 0 Å². The van der Waals surface area contributed by atoms with Crippen LogP contribution in [0.15, 0.2) is 146 Å². The van der Waals surface area contributed by atoms with Crippen molar-refractivity contribution < 1.29 is 0 Å². The summed E-state index contributed by atoms with van der Waals surface area (Å²) < 4.78 is 0. The fourth-order valence-electron chi connectivity index (χ4n) is 15.3. The van der Waals surface area contributed by atoms with Crippen LogP contribution in [0.1, 0.15) is 203 Å². The molecule has 0 radical (unpaired) electrons. The maximum Gasteiger partial charge on any atom is -0.000740 e. The van der Waals surface area contributed by atoms with E-state index in [1.54, 1.807) is 0 Å². The zero-order valence-electron chi connectivity index (χ0n) is 55.6. The average Bonchev–Trinajstić information content (AvgIpc) is 1.54. The first kappa shape index (κ1) is 57.1. The number of benzene rings is 10. The minimum absolute atomic E-state index is 0.0634. The molecule has 0 unspecified atom stereocenters. The lowest BCUT2D eigenvalue weighted by Gasteiger charge is -2.38. The standard InChI is InChI=1S/C85H92/c1-78(2,3)52-35-48(36-53(43-52)79(4,5)6)68-60-27-23-25-29-62(60)70-50-39-56(82(13,14)15)45-58(41-50)84(19,20)47-85(21,22)59-42-51(40-57(46-59)83(16,17)18)71-63-30-26-24-28-61(63)69(49-37-54(80(7,8)9)44-55(38-49)81(10,11)12)75-65-32-31-64-72-66(76(70)74(64)68)33-34-67(73(65)72)77(71)75/h23-46H,47H2,1-22H3. The lowest BCUT2D eigenvalue weighted by molar-refractivity contribution is 0.348. The molecule has 0 saturated heterocycles. The number of fused-ring (bicyclic) bond motifs is 7. The van der Waals surface area contributed by atoms with Gasteiger partial charge in [-0.1, -0.05) is 298 Å². The quantitative estimate of drug-likeness (QED) is 0.162. The van der Waals surface area contributed by atoms with Crippen molar-refractivity contribution in [2.45, 2.75) is 202 Å². The Morgan fingerprint density at radius 1 is 0.247 bits per heavy atom. The van der Waals surface area contributed by atoms with Crippen molar-refractivity contribution in [1.29, 1.82) is 0 Å². The Kier molecular flexibility index (Phi) is 12.3. The Bertz CT molecular complexity index is 4150. The second kappa shape index (κ2) is 18.3. The Balaban J connectivity index is 1.29. The van der Waals surface area contributed by atoms with Crippen LogP contribution in [0.25, 0.3) is 121 Å². The topological polar surface area (TPSA) is 0 Å². The fraction of sp³-hybridized carbons (Fsp3) is 0.365. The second-order valence-electron chi connectivity index (χ2n) is 33.8. The van der Waals surface area contributed by atoms with Crippen molar-refractivity contribution in [2.24, 2.45) is 0 Å². The molecule has 14 rings (SSSR count). The monoisotopic (exact) mass is 1110 g/mol. The summed E-state index contributed by atoms with van der Waals surface area (Å²) in [7, 11) is 0. The maximum atomic E-state index is 2.62. The third-order valence-corrected chi connectivity index (χ3v) is 20.2. The summed E-state index contributed by atoms with van der Waals surface area (Å²) in [5.74, 6) is 0. The van der Waals surface area contributed by atoms with Crippen molar-refractivity contribution >= 4 is 32.3 Å². The van der Waals surface area contributed by atoms with Gasteiger partial charge in [0.2, 0.25) is 0 Å². The van der Waals surface area contributed by atoms with Crippen LogP contribution in [0, 0.1) is 0 Å². The number of hydrogen-bond acceptors (Lipinski definition) is 0. The van der Waals surface area contributed by atoms with E-state index < -0.39 is 0 Å². The van der Waals surface area contributed by atoms with Crippen LogP contribution in [0.3, 0.4) is 0 Å². The molecule has 0 N–H and O–H groups in total. The highest BCUT2D eigenvalue weighted by molar-refractivity contribution is 6.35.